The first-order valence-electron chi connectivity index (χ1n) is 8.24. The molecule has 1 aliphatic heterocycles. The lowest BCUT2D eigenvalue weighted by molar-refractivity contribution is 0.0587. The highest BCUT2D eigenvalue weighted by Crippen LogP contribution is 2.20. The smallest absolute Gasteiger partial charge is 0.0607 e. The number of allylic oxidation sites excluding steroid dienone is 4. The van der Waals surface area contributed by atoms with Gasteiger partial charge in [0.1, 0.15) is 0 Å². The van der Waals surface area contributed by atoms with Crippen LogP contribution >= 0.6 is 11.6 Å². The van der Waals surface area contributed by atoms with Crippen molar-refractivity contribution in [2.24, 2.45) is 10.9 Å². The summed E-state index contributed by atoms with van der Waals surface area (Å²) in [5, 5.41) is 0.793. The maximum Gasteiger partial charge on any atom is 0.0607 e. The minimum absolute atomic E-state index is 0.720. The Labute approximate surface area is 141 Å². The number of hydrogen-bond acceptors (Lipinski definition) is 3. The molecule has 0 aromatic heterocycles. The third kappa shape index (κ3) is 5.77. The number of rotatable bonds is 6. The molecule has 0 spiro atoms. The molecule has 126 valence electrons. The van der Waals surface area contributed by atoms with Crippen molar-refractivity contribution in [3.63, 3.8) is 0 Å². The van der Waals surface area contributed by atoms with Crippen LogP contribution < -0.4 is 0 Å². The van der Waals surface area contributed by atoms with Crippen LogP contribution in [-0.2, 0) is 4.74 Å². The van der Waals surface area contributed by atoms with Crippen molar-refractivity contribution >= 4 is 17.3 Å². The summed E-state index contributed by atoms with van der Waals surface area (Å²) in [5.41, 5.74) is 4.33. The highest BCUT2D eigenvalue weighted by atomic mass is 35.5. The lowest BCUT2D eigenvalue weighted by Crippen LogP contribution is -2.29. The van der Waals surface area contributed by atoms with Gasteiger partial charge in [0.05, 0.1) is 16.4 Å². The average molecular weight is 327 g/mol. The Bertz CT molecular complexity index is 460. The van der Waals surface area contributed by atoms with Gasteiger partial charge in [-0.05, 0) is 52.9 Å². The molecule has 4 heteroatoms. The van der Waals surface area contributed by atoms with Crippen LogP contribution in [0.15, 0.2) is 27.0 Å². The van der Waals surface area contributed by atoms with Gasteiger partial charge in [0.25, 0.3) is 0 Å². The third-order valence-electron chi connectivity index (χ3n) is 4.53. The summed E-state index contributed by atoms with van der Waals surface area (Å²) in [6, 6.07) is 0. The Balaban J connectivity index is 2.78. The molecule has 0 aromatic rings. The number of aliphatic imine (C=N–C) groups is 1. The van der Waals surface area contributed by atoms with E-state index in [1.807, 2.05) is 6.92 Å². The number of nitrogens with zero attached hydrogens (tertiary/aromatic N) is 2. The number of ether oxygens (including phenoxy) is 1. The van der Waals surface area contributed by atoms with Crippen molar-refractivity contribution in [1.82, 2.24) is 4.90 Å². The topological polar surface area (TPSA) is 24.8 Å². The third-order valence-corrected chi connectivity index (χ3v) is 5.12. The molecule has 0 amide bonds. The van der Waals surface area contributed by atoms with Gasteiger partial charge in [-0.15, -0.1) is 0 Å². The van der Waals surface area contributed by atoms with Crippen LogP contribution in [0, 0.1) is 5.92 Å². The predicted octanol–water partition coefficient (Wildman–Crippen LogP) is 4.98. The van der Waals surface area contributed by atoms with Crippen molar-refractivity contribution in [3.05, 3.63) is 22.0 Å². The van der Waals surface area contributed by atoms with Crippen molar-refractivity contribution in [1.29, 1.82) is 0 Å². The minimum Gasteiger partial charge on any atom is -0.381 e. The van der Waals surface area contributed by atoms with Crippen LogP contribution in [0.4, 0.5) is 0 Å². The van der Waals surface area contributed by atoms with E-state index in [0.717, 1.165) is 61.4 Å². The molecule has 0 aliphatic carbocycles. The first kappa shape index (κ1) is 19.2. The molecule has 0 atom stereocenters. The highest BCUT2D eigenvalue weighted by molar-refractivity contribution is 6.43. The summed E-state index contributed by atoms with van der Waals surface area (Å²) >= 11 is 6.36. The quantitative estimate of drug-likeness (QED) is 0.643. The largest absolute Gasteiger partial charge is 0.381 e. The van der Waals surface area contributed by atoms with Gasteiger partial charge in [0.2, 0.25) is 0 Å². The zero-order valence-electron chi connectivity index (χ0n) is 15.0. The number of hydrogen-bond donors (Lipinski definition) is 0. The first-order valence-corrected chi connectivity index (χ1v) is 8.61. The molecule has 0 unspecified atom stereocenters. The van der Waals surface area contributed by atoms with Gasteiger partial charge in [-0.3, -0.25) is 4.99 Å². The van der Waals surface area contributed by atoms with E-state index in [2.05, 4.69) is 39.6 Å². The molecule has 1 rings (SSSR count). The van der Waals surface area contributed by atoms with Crippen LogP contribution in [0.5, 0.6) is 0 Å². The summed E-state index contributed by atoms with van der Waals surface area (Å²) in [4.78, 5) is 7.01. The van der Waals surface area contributed by atoms with Gasteiger partial charge in [0.15, 0.2) is 0 Å². The van der Waals surface area contributed by atoms with Gasteiger partial charge in [-0.25, -0.2) is 0 Å². The van der Waals surface area contributed by atoms with Crippen molar-refractivity contribution in [2.45, 2.75) is 53.9 Å². The molecule has 0 bridgehead atoms. The molecule has 1 fully saturated rings. The minimum atomic E-state index is 0.720. The monoisotopic (exact) mass is 326 g/mol. The Hall–Kier alpha value is -0.800. The van der Waals surface area contributed by atoms with E-state index in [9.17, 15) is 0 Å². The van der Waals surface area contributed by atoms with Crippen LogP contribution in [0.1, 0.15) is 53.9 Å². The molecular weight excluding hydrogens is 296 g/mol. The normalized spacial score (nSPS) is 19.7. The van der Waals surface area contributed by atoms with E-state index in [-0.39, 0.29) is 0 Å². The lowest BCUT2D eigenvalue weighted by atomic mass is 10.00. The van der Waals surface area contributed by atoms with E-state index in [1.165, 1.54) is 11.3 Å². The van der Waals surface area contributed by atoms with Gasteiger partial charge in [-0.1, -0.05) is 24.1 Å². The zero-order valence-corrected chi connectivity index (χ0v) is 15.8. The fraction of sp³-hybridized carbons (Fsp3) is 0.722. The molecule has 0 aromatic carbocycles. The Morgan fingerprint density at radius 3 is 2.32 bits per heavy atom. The maximum atomic E-state index is 6.36. The fourth-order valence-corrected chi connectivity index (χ4v) is 2.75. The predicted molar refractivity (Wildman–Crippen MR) is 96.5 cm³/mol. The van der Waals surface area contributed by atoms with E-state index >= 15 is 0 Å². The maximum absolute atomic E-state index is 6.36. The standard InChI is InChI=1S/C18H31ClN2O/c1-7-13(2)18(19)15(4)20-14(3)16(5)21(6)12-17-8-10-22-11-9-17/h17H,7-12H2,1-6H3/b16-14+,18-13-,20-15+. The van der Waals surface area contributed by atoms with Crippen LogP contribution in [0.25, 0.3) is 0 Å². The van der Waals surface area contributed by atoms with Gasteiger partial charge < -0.3 is 9.64 Å². The molecular formula is C18H31ClN2O. The van der Waals surface area contributed by atoms with Crippen LogP contribution in [0.3, 0.4) is 0 Å². The highest BCUT2D eigenvalue weighted by Gasteiger charge is 2.16. The molecule has 0 radical (unpaired) electrons. The molecule has 3 nitrogen and oxygen atoms in total. The molecule has 0 N–H and O–H groups in total. The van der Waals surface area contributed by atoms with Crippen LogP contribution in [0.2, 0.25) is 0 Å². The summed E-state index contributed by atoms with van der Waals surface area (Å²) in [5.74, 6) is 0.720. The van der Waals surface area contributed by atoms with Crippen molar-refractivity contribution in [2.75, 3.05) is 26.8 Å². The molecule has 1 aliphatic rings. The fourth-order valence-electron chi connectivity index (χ4n) is 2.57. The molecule has 0 saturated carbocycles. The van der Waals surface area contributed by atoms with E-state index < -0.39 is 0 Å². The SMILES string of the molecule is CC/C(C)=C(Cl)/C(C)=N/C(C)=C(\C)N(C)CC1CCOCC1. The first-order chi connectivity index (χ1) is 10.4. The van der Waals surface area contributed by atoms with E-state index in [1.54, 1.807) is 0 Å². The van der Waals surface area contributed by atoms with E-state index in [4.69, 9.17) is 21.3 Å². The zero-order chi connectivity index (χ0) is 16.7. The second-order valence-electron chi connectivity index (χ2n) is 6.25. The van der Waals surface area contributed by atoms with Crippen molar-refractivity contribution < 1.29 is 4.74 Å². The average Bonchev–Trinajstić information content (AvgIpc) is 2.53. The Morgan fingerprint density at radius 1 is 1.18 bits per heavy atom. The summed E-state index contributed by atoms with van der Waals surface area (Å²) in [6.45, 7) is 13.2. The van der Waals surface area contributed by atoms with E-state index in [0.29, 0.717) is 0 Å². The summed E-state index contributed by atoms with van der Waals surface area (Å²) in [7, 11) is 2.15. The van der Waals surface area contributed by atoms with Gasteiger partial charge >= 0.3 is 0 Å². The second kappa shape index (κ2) is 9.36. The summed E-state index contributed by atoms with van der Waals surface area (Å²) < 4.78 is 5.43. The molecule has 22 heavy (non-hydrogen) atoms. The molecule has 1 heterocycles. The molecule has 1 saturated heterocycles. The Morgan fingerprint density at radius 2 is 1.77 bits per heavy atom. The Kier molecular flexibility index (Phi) is 8.19. The van der Waals surface area contributed by atoms with Gasteiger partial charge in [0, 0.05) is 32.5 Å². The van der Waals surface area contributed by atoms with Gasteiger partial charge in [-0.2, -0.15) is 0 Å². The number of halogens is 1. The van der Waals surface area contributed by atoms with Crippen molar-refractivity contribution in [3.8, 4) is 0 Å². The summed E-state index contributed by atoms with van der Waals surface area (Å²) in [6.07, 6.45) is 3.27. The lowest BCUT2D eigenvalue weighted by Gasteiger charge is -2.29. The second-order valence-corrected chi connectivity index (χ2v) is 6.63. The van der Waals surface area contributed by atoms with Crippen LogP contribution in [-0.4, -0.2) is 37.4 Å².